The van der Waals surface area contributed by atoms with Gasteiger partial charge in [-0.25, -0.2) is 8.42 Å². The van der Waals surface area contributed by atoms with Gasteiger partial charge in [0.1, 0.15) is 17.9 Å². The predicted octanol–water partition coefficient (Wildman–Crippen LogP) is 1.56. The molecule has 3 rings (SSSR count). The van der Waals surface area contributed by atoms with E-state index in [4.69, 9.17) is 4.74 Å². The van der Waals surface area contributed by atoms with E-state index in [0.717, 1.165) is 25.2 Å². The molecule has 8 heteroatoms. The lowest BCUT2D eigenvalue weighted by atomic mass is 10.0. The van der Waals surface area contributed by atoms with Crippen molar-refractivity contribution in [3.8, 4) is 5.75 Å². The Bertz CT molecular complexity index is 803. The molecule has 2 aromatic rings. The number of hydrogen-bond acceptors (Lipinski definition) is 5. The van der Waals surface area contributed by atoms with Crippen molar-refractivity contribution in [3.63, 3.8) is 0 Å². The van der Waals surface area contributed by atoms with Gasteiger partial charge >= 0.3 is 0 Å². The van der Waals surface area contributed by atoms with Crippen LogP contribution in [0.5, 0.6) is 5.75 Å². The first-order chi connectivity index (χ1) is 11.5. The van der Waals surface area contributed by atoms with E-state index in [9.17, 15) is 8.42 Å². The van der Waals surface area contributed by atoms with Gasteiger partial charge in [0, 0.05) is 32.1 Å². The van der Waals surface area contributed by atoms with Gasteiger partial charge in [0.05, 0.1) is 12.0 Å². The summed E-state index contributed by atoms with van der Waals surface area (Å²) in [7, 11) is -1.96. The zero-order valence-corrected chi connectivity index (χ0v) is 14.7. The van der Waals surface area contributed by atoms with E-state index in [-0.39, 0.29) is 10.8 Å². The maximum absolute atomic E-state index is 12.8. The molecule has 2 heterocycles. The first-order valence-electron chi connectivity index (χ1n) is 8.05. The Morgan fingerprint density at radius 3 is 2.96 bits per heavy atom. The Kier molecular flexibility index (Phi) is 4.86. The summed E-state index contributed by atoms with van der Waals surface area (Å²) in [6, 6.07) is 6.61. The van der Waals surface area contributed by atoms with Gasteiger partial charge in [-0.2, -0.15) is 4.31 Å². The number of sulfonamides is 1. The third-order valence-corrected chi connectivity index (χ3v) is 6.30. The molecule has 0 N–H and O–H groups in total. The van der Waals surface area contributed by atoms with Crippen LogP contribution in [0.4, 0.5) is 0 Å². The number of nitrogens with zero attached hydrogens (tertiary/aromatic N) is 4. The highest BCUT2D eigenvalue weighted by Crippen LogP contribution is 2.27. The van der Waals surface area contributed by atoms with E-state index in [2.05, 4.69) is 10.2 Å². The highest BCUT2D eigenvalue weighted by molar-refractivity contribution is 7.89. The average molecular weight is 350 g/mol. The van der Waals surface area contributed by atoms with Crippen LogP contribution in [0.2, 0.25) is 0 Å². The minimum atomic E-state index is -3.49. The summed E-state index contributed by atoms with van der Waals surface area (Å²) in [5.74, 6) is 1.73. The van der Waals surface area contributed by atoms with Gasteiger partial charge in [-0.15, -0.1) is 10.2 Å². The van der Waals surface area contributed by atoms with Crippen LogP contribution < -0.4 is 4.74 Å². The zero-order valence-electron chi connectivity index (χ0n) is 13.9. The Labute approximate surface area is 142 Å². The molecular formula is C16H22N4O3S. The number of ether oxygens (including phenoxy) is 1. The van der Waals surface area contributed by atoms with Crippen molar-refractivity contribution in [2.45, 2.75) is 31.2 Å². The summed E-state index contributed by atoms with van der Waals surface area (Å²) in [5.41, 5.74) is 0. The van der Waals surface area contributed by atoms with Gasteiger partial charge in [0.2, 0.25) is 10.0 Å². The molecule has 0 amide bonds. The van der Waals surface area contributed by atoms with Crippen molar-refractivity contribution in [1.82, 2.24) is 19.1 Å². The molecule has 0 bridgehead atoms. The molecule has 1 saturated heterocycles. The van der Waals surface area contributed by atoms with Crippen LogP contribution in [0.1, 0.15) is 19.2 Å². The molecule has 7 nitrogen and oxygen atoms in total. The molecule has 1 aromatic heterocycles. The van der Waals surface area contributed by atoms with Gasteiger partial charge in [-0.3, -0.25) is 0 Å². The molecule has 1 aromatic carbocycles. The van der Waals surface area contributed by atoms with Gasteiger partial charge in [-0.05, 0) is 31.4 Å². The molecule has 0 spiro atoms. The smallest absolute Gasteiger partial charge is 0.243 e. The molecule has 1 atom stereocenters. The largest absolute Gasteiger partial charge is 0.497 e. The SMILES string of the molecule is CCn1cnnc1CC1CCN(S(=O)(=O)c2cccc(OC)c2)C1. The molecular weight excluding hydrogens is 328 g/mol. The summed E-state index contributed by atoms with van der Waals surface area (Å²) in [6.07, 6.45) is 3.30. The van der Waals surface area contributed by atoms with Gasteiger partial charge < -0.3 is 9.30 Å². The molecule has 130 valence electrons. The highest BCUT2D eigenvalue weighted by Gasteiger charge is 2.33. The van der Waals surface area contributed by atoms with Crippen LogP contribution in [-0.4, -0.2) is 47.7 Å². The number of methoxy groups -OCH3 is 1. The first kappa shape index (κ1) is 16.9. The number of hydrogen-bond donors (Lipinski definition) is 0. The van der Waals surface area contributed by atoms with E-state index in [1.54, 1.807) is 34.9 Å². The van der Waals surface area contributed by atoms with Crippen LogP contribution in [0.3, 0.4) is 0 Å². The number of aromatic nitrogens is 3. The molecule has 0 saturated carbocycles. The van der Waals surface area contributed by atoms with E-state index < -0.39 is 10.0 Å². The lowest BCUT2D eigenvalue weighted by Gasteiger charge is -2.17. The van der Waals surface area contributed by atoms with Crippen molar-refractivity contribution in [3.05, 3.63) is 36.4 Å². The Hall–Kier alpha value is -1.93. The van der Waals surface area contributed by atoms with E-state index >= 15 is 0 Å². The third kappa shape index (κ3) is 3.29. The molecule has 1 unspecified atom stereocenters. The monoisotopic (exact) mass is 350 g/mol. The van der Waals surface area contributed by atoms with Gasteiger partial charge in [0.15, 0.2) is 0 Å². The highest BCUT2D eigenvalue weighted by atomic mass is 32.2. The number of benzene rings is 1. The second-order valence-corrected chi connectivity index (χ2v) is 7.87. The number of aryl methyl sites for hydroxylation is 1. The topological polar surface area (TPSA) is 77.3 Å². The second kappa shape index (κ2) is 6.90. The minimum absolute atomic E-state index is 0.264. The standard InChI is InChI=1S/C16H22N4O3S/c1-3-19-12-17-18-16(19)9-13-7-8-20(11-13)24(21,22)15-6-4-5-14(10-15)23-2/h4-6,10,12-13H,3,7-9,11H2,1-2H3. The van der Waals surface area contributed by atoms with Crippen molar-refractivity contribution < 1.29 is 13.2 Å². The second-order valence-electron chi connectivity index (χ2n) is 5.93. The summed E-state index contributed by atoms with van der Waals surface area (Å²) in [4.78, 5) is 0.277. The lowest BCUT2D eigenvalue weighted by Crippen LogP contribution is -2.29. The molecule has 1 aliphatic heterocycles. The average Bonchev–Trinajstić information content (AvgIpc) is 3.25. The summed E-state index contributed by atoms with van der Waals surface area (Å²) < 4.78 is 34.3. The van der Waals surface area contributed by atoms with E-state index in [1.165, 1.54) is 7.11 Å². The molecule has 0 radical (unpaired) electrons. The van der Waals surface area contributed by atoms with Crippen molar-refractivity contribution in [2.24, 2.45) is 5.92 Å². The van der Waals surface area contributed by atoms with Crippen LogP contribution in [0.15, 0.2) is 35.5 Å². The fraction of sp³-hybridized carbons (Fsp3) is 0.500. The Morgan fingerprint density at radius 1 is 1.38 bits per heavy atom. The third-order valence-electron chi connectivity index (χ3n) is 4.44. The van der Waals surface area contributed by atoms with Gasteiger partial charge in [0.25, 0.3) is 0 Å². The summed E-state index contributed by atoms with van der Waals surface area (Å²) in [6.45, 7) is 3.91. The maximum atomic E-state index is 12.8. The fourth-order valence-electron chi connectivity index (χ4n) is 3.05. The summed E-state index contributed by atoms with van der Waals surface area (Å²) >= 11 is 0. The minimum Gasteiger partial charge on any atom is -0.497 e. The Balaban J connectivity index is 1.72. The van der Waals surface area contributed by atoms with Crippen molar-refractivity contribution >= 4 is 10.0 Å². The van der Waals surface area contributed by atoms with Crippen LogP contribution in [-0.2, 0) is 23.0 Å². The Morgan fingerprint density at radius 2 is 2.21 bits per heavy atom. The van der Waals surface area contributed by atoms with Crippen LogP contribution in [0, 0.1) is 5.92 Å². The lowest BCUT2D eigenvalue weighted by molar-refractivity contribution is 0.412. The van der Waals surface area contributed by atoms with E-state index in [0.29, 0.717) is 18.8 Å². The zero-order chi connectivity index (χ0) is 17.2. The van der Waals surface area contributed by atoms with Crippen LogP contribution in [0.25, 0.3) is 0 Å². The fourth-order valence-corrected chi connectivity index (χ4v) is 4.62. The molecule has 24 heavy (non-hydrogen) atoms. The van der Waals surface area contributed by atoms with Crippen molar-refractivity contribution in [2.75, 3.05) is 20.2 Å². The van der Waals surface area contributed by atoms with Crippen molar-refractivity contribution in [1.29, 1.82) is 0 Å². The molecule has 1 aliphatic rings. The maximum Gasteiger partial charge on any atom is 0.243 e. The van der Waals surface area contributed by atoms with Crippen LogP contribution >= 0.6 is 0 Å². The summed E-state index contributed by atoms with van der Waals surface area (Å²) in [5, 5.41) is 8.08. The van der Waals surface area contributed by atoms with Gasteiger partial charge in [-0.1, -0.05) is 6.07 Å². The quantitative estimate of drug-likeness (QED) is 0.790. The normalized spacial score (nSPS) is 18.8. The molecule has 1 fully saturated rings. The molecule has 0 aliphatic carbocycles. The number of rotatable bonds is 6. The predicted molar refractivity (Wildman–Crippen MR) is 89.3 cm³/mol. The van der Waals surface area contributed by atoms with E-state index in [1.807, 2.05) is 11.5 Å². The first-order valence-corrected chi connectivity index (χ1v) is 9.49.